The standard InChI is InChI=1S/C13H19BrN4S/c1-8-13(14)12(18(4)17-8)6-10(15-3)5-11-7-19-9(2)16-11/h7,10,15H,5-6H2,1-4H3. The molecule has 2 aromatic rings. The Morgan fingerprint density at radius 3 is 2.63 bits per heavy atom. The summed E-state index contributed by atoms with van der Waals surface area (Å²) in [6, 6.07) is 0.368. The van der Waals surface area contributed by atoms with E-state index in [-0.39, 0.29) is 0 Å². The Kier molecular flexibility index (Phi) is 4.76. The highest BCUT2D eigenvalue weighted by Gasteiger charge is 2.17. The van der Waals surface area contributed by atoms with Gasteiger partial charge in [-0.05, 0) is 36.8 Å². The summed E-state index contributed by atoms with van der Waals surface area (Å²) < 4.78 is 3.07. The minimum Gasteiger partial charge on any atom is -0.316 e. The minimum atomic E-state index is 0.368. The van der Waals surface area contributed by atoms with E-state index in [2.05, 4.69) is 36.7 Å². The quantitative estimate of drug-likeness (QED) is 0.908. The molecule has 2 aromatic heterocycles. The van der Waals surface area contributed by atoms with Gasteiger partial charge in [0, 0.05) is 31.3 Å². The average Bonchev–Trinajstić information content (AvgIpc) is 2.87. The van der Waals surface area contributed by atoms with Crippen molar-refractivity contribution in [2.75, 3.05) is 7.05 Å². The van der Waals surface area contributed by atoms with Gasteiger partial charge in [-0.2, -0.15) is 5.10 Å². The fourth-order valence-electron chi connectivity index (χ4n) is 2.17. The lowest BCUT2D eigenvalue weighted by atomic mass is 10.1. The summed E-state index contributed by atoms with van der Waals surface area (Å²) in [7, 11) is 3.99. The van der Waals surface area contributed by atoms with Crippen molar-refractivity contribution in [1.82, 2.24) is 20.1 Å². The number of rotatable bonds is 5. The van der Waals surface area contributed by atoms with Crippen LogP contribution in [0.2, 0.25) is 0 Å². The maximum absolute atomic E-state index is 4.53. The number of aromatic nitrogens is 3. The van der Waals surface area contributed by atoms with Crippen LogP contribution in [0.3, 0.4) is 0 Å². The first-order valence-corrected chi connectivity index (χ1v) is 7.94. The number of nitrogens with zero attached hydrogens (tertiary/aromatic N) is 3. The van der Waals surface area contributed by atoms with Crippen LogP contribution in [-0.2, 0) is 19.9 Å². The second-order valence-electron chi connectivity index (χ2n) is 4.72. The molecule has 4 nitrogen and oxygen atoms in total. The highest BCUT2D eigenvalue weighted by Crippen LogP contribution is 2.22. The summed E-state index contributed by atoms with van der Waals surface area (Å²) in [4.78, 5) is 4.53. The molecule has 0 aromatic carbocycles. The molecule has 0 spiro atoms. The predicted octanol–water partition coefficient (Wildman–Crippen LogP) is 2.63. The van der Waals surface area contributed by atoms with Crippen LogP contribution in [-0.4, -0.2) is 27.9 Å². The van der Waals surface area contributed by atoms with Gasteiger partial charge < -0.3 is 5.32 Å². The molecule has 0 saturated carbocycles. The molecule has 19 heavy (non-hydrogen) atoms. The Balaban J connectivity index is 2.10. The lowest BCUT2D eigenvalue weighted by Crippen LogP contribution is -2.31. The molecule has 0 bridgehead atoms. The summed E-state index contributed by atoms with van der Waals surface area (Å²) in [5.41, 5.74) is 3.43. The molecule has 0 amide bonds. The second-order valence-corrected chi connectivity index (χ2v) is 6.58. The van der Waals surface area contributed by atoms with E-state index < -0.39 is 0 Å². The molecule has 1 N–H and O–H groups in total. The highest BCUT2D eigenvalue weighted by molar-refractivity contribution is 9.10. The van der Waals surface area contributed by atoms with E-state index >= 15 is 0 Å². The Hall–Kier alpha value is -0.720. The van der Waals surface area contributed by atoms with E-state index in [1.807, 2.05) is 32.6 Å². The zero-order chi connectivity index (χ0) is 14.0. The molecule has 2 rings (SSSR count). The van der Waals surface area contributed by atoms with E-state index in [1.54, 1.807) is 11.3 Å². The van der Waals surface area contributed by atoms with Crippen LogP contribution in [0.5, 0.6) is 0 Å². The molecule has 0 saturated heterocycles. The molecule has 0 aliphatic rings. The highest BCUT2D eigenvalue weighted by atomic mass is 79.9. The Morgan fingerprint density at radius 2 is 2.16 bits per heavy atom. The summed E-state index contributed by atoms with van der Waals surface area (Å²) in [6.45, 7) is 4.06. The van der Waals surface area contributed by atoms with Crippen molar-refractivity contribution < 1.29 is 0 Å². The van der Waals surface area contributed by atoms with Gasteiger partial charge in [-0.1, -0.05) is 0 Å². The maximum atomic E-state index is 4.53. The van der Waals surface area contributed by atoms with Gasteiger partial charge in [0.2, 0.25) is 0 Å². The summed E-state index contributed by atoms with van der Waals surface area (Å²) in [6.07, 6.45) is 1.88. The molecular formula is C13H19BrN4S. The number of halogens is 1. The van der Waals surface area contributed by atoms with Crippen molar-refractivity contribution >= 4 is 27.3 Å². The molecule has 104 valence electrons. The topological polar surface area (TPSA) is 42.7 Å². The number of nitrogens with one attached hydrogen (secondary N) is 1. The van der Waals surface area contributed by atoms with Gasteiger partial charge in [0.05, 0.1) is 26.6 Å². The SMILES string of the molecule is CNC(Cc1csc(C)n1)Cc1c(Br)c(C)nn1C. The van der Waals surface area contributed by atoms with Gasteiger partial charge in [0.15, 0.2) is 0 Å². The summed E-state index contributed by atoms with van der Waals surface area (Å²) >= 11 is 5.33. The number of likely N-dealkylation sites (N-methyl/N-ethyl adjacent to an activating group) is 1. The predicted molar refractivity (Wildman–Crippen MR) is 82.8 cm³/mol. The van der Waals surface area contributed by atoms with Gasteiger partial charge >= 0.3 is 0 Å². The van der Waals surface area contributed by atoms with Crippen molar-refractivity contribution in [1.29, 1.82) is 0 Å². The molecule has 6 heteroatoms. The number of aryl methyl sites for hydroxylation is 3. The molecule has 0 radical (unpaired) electrons. The largest absolute Gasteiger partial charge is 0.316 e. The number of hydrogen-bond acceptors (Lipinski definition) is 4. The molecule has 0 aliphatic carbocycles. The molecule has 1 atom stereocenters. The molecular weight excluding hydrogens is 324 g/mol. The normalized spacial score (nSPS) is 12.9. The lowest BCUT2D eigenvalue weighted by Gasteiger charge is -2.15. The average molecular weight is 343 g/mol. The van der Waals surface area contributed by atoms with E-state index in [4.69, 9.17) is 0 Å². The first kappa shape index (κ1) is 14.7. The minimum absolute atomic E-state index is 0.368. The van der Waals surface area contributed by atoms with Crippen molar-refractivity contribution in [2.45, 2.75) is 32.7 Å². The van der Waals surface area contributed by atoms with Gasteiger partial charge in [-0.15, -0.1) is 11.3 Å². The second kappa shape index (κ2) is 6.15. The van der Waals surface area contributed by atoms with Crippen LogP contribution in [0.25, 0.3) is 0 Å². The first-order chi connectivity index (χ1) is 9.01. The fourth-order valence-corrected chi connectivity index (χ4v) is 3.29. The number of hydrogen-bond donors (Lipinski definition) is 1. The van der Waals surface area contributed by atoms with Crippen molar-refractivity contribution in [3.63, 3.8) is 0 Å². The van der Waals surface area contributed by atoms with E-state index in [0.29, 0.717) is 6.04 Å². The Morgan fingerprint density at radius 1 is 1.42 bits per heavy atom. The third-order valence-electron chi connectivity index (χ3n) is 3.23. The fraction of sp³-hybridized carbons (Fsp3) is 0.538. The van der Waals surface area contributed by atoms with E-state index in [0.717, 1.165) is 33.7 Å². The molecule has 2 heterocycles. The van der Waals surface area contributed by atoms with Crippen molar-refractivity contribution in [3.8, 4) is 0 Å². The number of thiazole rings is 1. The van der Waals surface area contributed by atoms with Crippen LogP contribution in [0.1, 0.15) is 22.1 Å². The summed E-state index contributed by atoms with van der Waals surface area (Å²) in [5.74, 6) is 0. The molecule has 0 fully saturated rings. The van der Waals surface area contributed by atoms with Crippen molar-refractivity contribution in [2.24, 2.45) is 7.05 Å². The lowest BCUT2D eigenvalue weighted by molar-refractivity contribution is 0.528. The van der Waals surface area contributed by atoms with Gasteiger partial charge in [0.25, 0.3) is 0 Å². The van der Waals surface area contributed by atoms with Gasteiger partial charge in [0.1, 0.15) is 0 Å². The molecule has 0 aliphatic heterocycles. The zero-order valence-electron chi connectivity index (χ0n) is 11.7. The first-order valence-electron chi connectivity index (χ1n) is 6.27. The van der Waals surface area contributed by atoms with Crippen LogP contribution >= 0.6 is 27.3 Å². The Bertz CT molecular complexity index is 561. The van der Waals surface area contributed by atoms with Gasteiger partial charge in [-0.25, -0.2) is 4.98 Å². The van der Waals surface area contributed by atoms with E-state index in [1.165, 1.54) is 5.69 Å². The monoisotopic (exact) mass is 342 g/mol. The molecule has 1 unspecified atom stereocenters. The smallest absolute Gasteiger partial charge is 0.0897 e. The Labute approximate surface area is 126 Å². The van der Waals surface area contributed by atoms with Crippen LogP contribution in [0.15, 0.2) is 9.85 Å². The third-order valence-corrected chi connectivity index (χ3v) is 5.09. The third kappa shape index (κ3) is 3.43. The van der Waals surface area contributed by atoms with Crippen molar-refractivity contribution in [3.05, 3.63) is 31.9 Å². The zero-order valence-corrected chi connectivity index (χ0v) is 14.1. The van der Waals surface area contributed by atoms with E-state index in [9.17, 15) is 0 Å². The van der Waals surface area contributed by atoms with Crippen LogP contribution in [0, 0.1) is 13.8 Å². The maximum Gasteiger partial charge on any atom is 0.0897 e. The van der Waals surface area contributed by atoms with Crippen LogP contribution < -0.4 is 5.32 Å². The van der Waals surface area contributed by atoms with Gasteiger partial charge in [-0.3, -0.25) is 4.68 Å². The summed E-state index contributed by atoms with van der Waals surface area (Å²) in [5, 5.41) is 11.1. The van der Waals surface area contributed by atoms with Crippen LogP contribution in [0.4, 0.5) is 0 Å².